The van der Waals surface area contributed by atoms with Crippen molar-refractivity contribution in [3.63, 3.8) is 0 Å². The van der Waals surface area contributed by atoms with E-state index in [2.05, 4.69) is 55.3 Å². The summed E-state index contributed by atoms with van der Waals surface area (Å²) in [6, 6.07) is 12.4. The van der Waals surface area contributed by atoms with E-state index in [1.165, 1.54) is 0 Å². The molecule has 3 rings (SSSR count). The summed E-state index contributed by atoms with van der Waals surface area (Å²) in [5, 5.41) is 3.05. The van der Waals surface area contributed by atoms with Gasteiger partial charge in [0.25, 0.3) is 0 Å². The van der Waals surface area contributed by atoms with Gasteiger partial charge in [0.2, 0.25) is 11.8 Å². The van der Waals surface area contributed by atoms with Gasteiger partial charge in [0.15, 0.2) is 0 Å². The van der Waals surface area contributed by atoms with Crippen LogP contribution in [0, 0.1) is 10.8 Å². The molecule has 0 atom stereocenters. The molecule has 0 unspecified atom stereocenters. The second-order valence-electron chi connectivity index (χ2n) is 9.87. The quantitative estimate of drug-likeness (QED) is 0.748. The van der Waals surface area contributed by atoms with E-state index in [4.69, 9.17) is 0 Å². The number of nitrogens with zero attached hydrogens (tertiary/aromatic N) is 2. The fourth-order valence-corrected chi connectivity index (χ4v) is 4.38. The number of hydrogen-bond donors (Lipinski definition) is 1. The molecule has 1 aliphatic heterocycles. The monoisotopic (exact) mass is 421 g/mol. The Hall–Kier alpha value is -2.69. The van der Waals surface area contributed by atoms with E-state index in [1.807, 2.05) is 24.0 Å². The smallest absolute Gasteiger partial charge is 0.226 e. The van der Waals surface area contributed by atoms with Gasteiger partial charge in [0.1, 0.15) is 0 Å². The average Bonchev–Trinajstić information content (AvgIpc) is 2.74. The predicted molar refractivity (Wildman–Crippen MR) is 124 cm³/mol. The molecule has 2 aromatic rings. The molecule has 0 bridgehead atoms. The zero-order chi connectivity index (χ0) is 22.5. The number of carbonyl (C=O) groups is 2. The van der Waals surface area contributed by atoms with Gasteiger partial charge >= 0.3 is 0 Å². The lowest BCUT2D eigenvalue weighted by molar-refractivity contribution is -0.141. The number of likely N-dealkylation sites (tertiary alicyclic amines) is 1. The van der Waals surface area contributed by atoms with E-state index in [1.54, 1.807) is 12.4 Å². The van der Waals surface area contributed by atoms with Crippen molar-refractivity contribution in [3.8, 4) is 11.1 Å². The van der Waals surface area contributed by atoms with Crippen LogP contribution in [0.1, 0.15) is 52.5 Å². The van der Waals surface area contributed by atoms with Crippen LogP contribution < -0.4 is 5.32 Å². The highest BCUT2D eigenvalue weighted by Gasteiger charge is 2.42. The van der Waals surface area contributed by atoms with Gasteiger partial charge in [-0.2, -0.15) is 0 Å². The van der Waals surface area contributed by atoms with Crippen LogP contribution in [0.15, 0.2) is 48.8 Å². The maximum Gasteiger partial charge on any atom is 0.226 e. The number of pyridine rings is 1. The molecule has 1 aromatic heterocycles. The second kappa shape index (κ2) is 9.63. The Kier molecular flexibility index (Phi) is 7.14. The van der Waals surface area contributed by atoms with Gasteiger partial charge in [-0.1, -0.05) is 45.0 Å². The minimum Gasteiger partial charge on any atom is -0.356 e. The molecule has 1 saturated heterocycles. The minimum atomic E-state index is -0.481. The maximum atomic E-state index is 13.2. The van der Waals surface area contributed by atoms with Gasteiger partial charge in [-0.15, -0.1) is 0 Å². The zero-order valence-electron chi connectivity index (χ0n) is 19.3. The number of nitrogens with one attached hydrogen (secondary N) is 1. The molecule has 0 spiro atoms. The van der Waals surface area contributed by atoms with Crippen LogP contribution in [-0.2, 0) is 16.0 Å². The molecule has 5 nitrogen and oxygen atoms in total. The molecule has 1 aromatic carbocycles. The first-order chi connectivity index (χ1) is 14.7. The van der Waals surface area contributed by atoms with Crippen LogP contribution >= 0.6 is 0 Å². The van der Waals surface area contributed by atoms with Crippen LogP contribution in [0.25, 0.3) is 11.1 Å². The summed E-state index contributed by atoms with van der Waals surface area (Å²) in [4.78, 5) is 31.9. The van der Waals surface area contributed by atoms with Crippen molar-refractivity contribution in [2.24, 2.45) is 10.8 Å². The summed E-state index contributed by atoms with van der Waals surface area (Å²) < 4.78 is 0. The number of benzene rings is 1. The first kappa shape index (κ1) is 23.0. The number of carbonyl (C=O) groups excluding carboxylic acids is 2. The van der Waals surface area contributed by atoms with Gasteiger partial charge in [-0.05, 0) is 60.4 Å². The average molecular weight is 422 g/mol. The number of hydrogen-bond acceptors (Lipinski definition) is 3. The van der Waals surface area contributed by atoms with E-state index in [9.17, 15) is 9.59 Å². The van der Waals surface area contributed by atoms with E-state index in [-0.39, 0.29) is 17.2 Å². The van der Waals surface area contributed by atoms with Crippen molar-refractivity contribution in [2.45, 2.75) is 53.4 Å². The molecular weight excluding hydrogens is 386 g/mol. The van der Waals surface area contributed by atoms with Crippen LogP contribution in [0.2, 0.25) is 0 Å². The Labute approximate surface area is 186 Å². The standard InChI is InChI=1S/C26H35N3O2/c1-5-28-24(31)26(11-15-29(16-12-26)23(30)19-25(2,3)4)18-20-7-6-8-22(17-20)21-9-13-27-14-10-21/h6-10,13-14,17H,5,11-12,15-16,18-19H2,1-4H3,(H,28,31). The van der Waals surface area contributed by atoms with Gasteiger partial charge < -0.3 is 10.2 Å². The van der Waals surface area contributed by atoms with E-state index in [0.717, 1.165) is 16.7 Å². The second-order valence-corrected chi connectivity index (χ2v) is 9.87. The number of aromatic nitrogens is 1. The summed E-state index contributed by atoms with van der Waals surface area (Å²) in [5.41, 5.74) is 2.88. The Morgan fingerprint density at radius 2 is 1.74 bits per heavy atom. The molecule has 1 fully saturated rings. The van der Waals surface area contributed by atoms with Crippen molar-refractivity contribution in [1.82, 2.24) is 15.2 Å². The highest BCUT2D eigenvalue weighted by molar-refractivity contribution is 5.84. The first-order valence-electron chi connectivity index (χ1n) is 11.3. The minimum absolute atomic E-state index is 0.0292. The highest BCUT2D eigenvalue weighted by Crippen LogP contribution is 2.37. The Bertz CT molecular complexity index is 894. The van der Waals surface area contributed by atoms with Crippen molar-refractivity contribution in [1.29, 1.82) is 0 Å². The van der Waals surface area contributed by atoms with E-state index < -0.39 is 5.41 Å². The molecule has 1 aliphatic rings. The predicted octanol–water partition coefficient (Wildman–Crippen LogP) is 4.47. The SMILES string of the molecule is CCNC(=O)C1(Cc2cccc(-c3ccncc3)c2)CCN(C(=O)CC(C)(C)C)CC1. The molecule has 166 valence electrons. The molecule has 31 heavy (non-hydrogen) atoms. The van der Waals surface area contributed by atoms with Crippen molar-refractivity contribution in [2.75, 3.05) is 19.6 Å². The largest absolute Gasteiger partial charge is 0.356 e. The molecule has 0 aliphatic carbocycles. The van der Waals surface area contributed by atoms with Crippen LogP contribution in [0.4, 0.5) is 0 Å². The lowest BCUT2D eigenvalue weighted by Crippen LogP contribution is -2.51. The first-order valence-corrected chi connectivity index (χ1v) is 11.3. The van der Waals surface area contributed by atoms with Gasteiger partial charge in [-0.25, -0.2) is 0 Å². The van der Waals surface area contributed by atoms with Crippen LogP contribution in [0.3, 0.4) is 0 Å². The lowest BCUT2D eigenvalue weighted by Gasteiger charge is -2.41. The fraction of sp³-hybridized carbons (Fsp3) is 0.500. The third-order valence-electron chi connectivity index (χ3n) is 6.06. The van der Waals surface area contributed by atoms with E-state index >= 15 is 0 Å². The summed E-state index contributed by atoms with van der Waals surface area (Å²) in [7, 11) is 0. The Morgan fingerprint density at radius 1 is 1.06 bits per heavy atom. The summed E-state index contributed by atoms with van der Waals surface area (Å²) in [6.45, 7) is 10.1. The van der Waals surface area contributed by atoms with Crippen LogP contribution in [-0.4, -0.2) is 41.3 Å². The Balaban J connectivity index is 1.78. The third kappa shape index (κ3) is 5.93. The number of piperidine rings is 1. The molecule has 1 N–H and O–H groups in total. The molecule has 5 heteroatoms. The molecule has 2 heterocycles. The van der Waals surface area contributed by atoms with Gasteiger partial charge in [0, 0.05) is 38.4 Å². The third-order valence-corrected chi connectivity index (χ3v) is 6.06. The molecule has 0 saturated carbocycles. The molecular formula is C26H35N3O2. The molecule has 2 amide bonds. The zero-order valence-corrected chi connectivity index (χ0v) is 19.3. The van der Waals surface area contributed by atoms with Gasteiger partial charge in [-0.3, -0.25) is 14.6 Å². The topological polar surface area (TPSA) is 62.3 Å². The summed E-state index contributed by atoms with van der Waals surface area (Å²) in [5.74, 6) is 0.295. The number of amides is 2. The summed E-state index contributed by atoms with van der Waals surface area (Å²) >= 11 is 0. The van der Waals surface area contributed by atoms with E-state index in [0.29, 0.717) is 45.3 Å². The lowest BCUT2D eigenvalue weighted by atomic mass is 9.72. The van der Waals surface area contributed by atoms with Crippen molar-refractivity contribution >= 4 is 11.8 Å². The normalized spacial score (nSPS) is 16.1. The highest BCUT2D eigenvalue weighted by atomic mass is 16.2. The van der Waals surface area contributed by atoms with Crippen molar-refractivity contribution in [3.05, 3.63) is 54.4 Å². The maximum absolute atomic E-state index is 13.2. The Morgan fingerprint density at radius 3 is 2.35 bits per heavy atom. The fourth-order valence-electron chi connectivity index (χ4n) is 4.38. The van der Waals surface area contributed by atoms with Crippen LogP contribution in [0.5, 0.6) is 0 Å². The number of rotatable bonds is 6. The summed E-state index contributed by atoms with van der Waals surface area (Å²) in [6.07, 6.45) is 6.18. The van der Waals surface area contributed by atoms with Gasteiger partial charge in [0.05, 0.1) is 5.41 Å². The molecule has 0 radical (unpaired) electrons. The van der Waals surface area contributed by atoms with Crippen molar-refractivity contribution < 1.29 is 9.59 Å².